The molecule has 2 aliphatic carbocycles. The highest BCUT2D eigenvalue weighted by Gasteiger charge is 2.53. The van der Waals surface area contributed by atoms with Crippen molar-refractivity contribution in [3.8, 4) is 0 Å². The lowest BCUT2D eigenvalue weighted by Crippen LogP contribution is -2.26. The Hall–Kier alpha value is -1.55. The highest BCUT2D eigenvalue weighted by molar-refractivity contribution is 5.98. The van der Waals surface area contributed by atoms with E-state index in [1.165, 1.54) is 25.7 Å². The molecule has 1 aromatic carbocycles. The number of amidine groups is 1. The standard InChI is InChI=1S/C15H21N3O/c16-14(18-19)13-4-2-1-3-11(13)9-17-10-15(7-8-15)12-5-6-12/h1-4,12,17,19H,5-10H2,(H2,16,18). The summed E-state index contributed by atoms with van der Waals surface area (Å²) >= 11 is 0. The minimum absolute atomic E-state index is 0.181. The van der Waals surface area contributed by atoms with Crippen molar-refractivity contribution in [3.63, 3.8) is 0 Å². The molecule has 0 saturated heterocycles. The van der Waals surface area contributed by atoms with Crippen molar-refractivity contribution < 1.29 is 5.21 Å². The first-order valence-electron chi connectivity index (χ1n) is 7.02. The van der Waals surface area contributed by atoms with E-state index in [2.05, 4.69) is 10.5 Å². The van der Waals surface area contributed by atoms with Crippen LogP contribution < -0.4 is 11.1 Å². The van der Waals surface area contributed by atoms with Crippen LogP contribution in [0.1, 0.15) is 36.8 Å². The smallest absolute Gasteiger partial charge is 0.170 e. The molecule has 2 aliphatic rings. The van der Waals surface area contributed by atoms with E-state index in [1.807, 2.05) is 24.3 Å². The predicted octanol–water partition coefficient (Wildman–Crippen LogP) is 2.06. The SMILES string of the molecule is N/C(=N/O)c1ccccc1CNCC1(C2CC2)CC1. The number of nitrogens with zero attached hydrogens (tertiary/aromatic N) is 1. The second kappa shape index (κ2) is 4.85. The first-order valence-corrected chi connectivity index (χ1v) is 7.02. The van der Waals surface area contributed by atoms with Crippen molar-refractivity contribution in [2.45, 2.75) is 32.2 Å². The normalized spacial score (nSPS) is 21.4. The summed E-state index contributed by atoms with van der Waals surface area (Å²) in [6, 6.07) is 7.80. The average Bonchev–Trinajstić information content (AvgIpc) is 3.30. The Morgan fingerprint density at radius 3 is 2.74 bits per heavy atom. The lowest BCUT2D eigenvalue weighted by molar-refractivity contribution is 0.318. The molecule has 4 nitrogen and oxygen atoms in total. The molecule has 0 amide bonds. The van der Waals surface area contributed by atoms with Crippen LogP contribution in [0.4, 0.5) is 0 Å². The Labute approximate surface area is 113 Å². The van der Waals surface area contributed by atoms with Gasteiger partial charge in [0.2, 0.25) is 0 Å². The molecule has 0 spiro atoms. The van der Waals surface area contributed by atoms with Crippen LogP contribution in [0.2, 0.25) is 0 Å². The molecule has 0 aliphatic heterocycles. The summed E-state index contributed by atoms with van der Waals surface area (Å²) in [5.41, 5.74) is 8.20. The third-order valence-electron chi connectivity index (χ3n) is 4.53. The van der Waals surface area contributed by atoms with E-state index in [1.54, 1.807) is 0 Å². The zero-order valence-electron chi connectivity index (χ0n) is 11.1. The minimum atomic E-state index is 0.181. The van der Waals surface area contributed by atoms with Crippen LogP contribution in [0.3, 0.4) is 0 Å². The summed E-state index contributed by atoms with van der Waals surface area (Å²) in [4.78, 5) is 0. The molecule has 0 unspecified atom stereocenters. The first kappa shape index (κ1) is 12.5. The van der Waals surface area contributed by atoms with Crippen LogP contribution in [0, 0.1) is 11.3 Å². The highest BCUT2D eigenvalue weighted by Crippen LogP contribution is 2.60. The van der Waals surface area contributed by atoms with Crippen molar-refractivity contribution in [3.05, 3.63) is 35.4 Å². The van der Waals surface area contributed by atoms with Gasteiger partial charge < -0.3 is 16.3 Å². The molecule has 0 atom stereocenters. The molecule has 0 heterocycles. The monoisotopic (exact) mass is 259 g/mol. The lowest BCUT2D eigenvalue weighted by Gasteiger charge is -2.16. The zero-order chi connectivity index (χ0) is 13.3. The third-order valence-corrected chi connectivity index (χ3v) is 4.53. The maximum Gasteiger partial charge on any atom is 0.170 e. The van der Waals surface area contributed by atoms with Crippen LogP contribution in [0.15, 0.2) is 29.4 Å². The number of benzene rings is 1. The van der Waals surface area contributed by atoms with E-state index in [4.69, 9.17) is 10.9 Å². The second-order valence-corrected chi connectivity index (χ2v) is 5.88. The van der Waals surface area contributed by atoms with E-state index in [0.717, 1.165) is 30.1 Å². The summed E-state index contributed by atoms with van der Waals surface area (Å²) < 4.78 is 0. The van der Waals surface area contributed by atoms with Crippen molar-refractivity contribution in [1.82, 2.24) is 5.32 Å². The van der Waals surface area contributed by atoms with Gasteiger partial charge in [-0.3, -0.25) is 0 Å². The highest BCUT2D eigenvalue weighted by atomic mass is 16.4. The van der Waals surface area contributed by atoms with Gasteiger partial charge in [0, 0.05) is 18.7 Å². The third kappa shape index (κ3) is 2.59. The molecule has 2 saturated carbocycles. The fraction of sp³-hybridized carbons (Fsp3) is 0.533. The molecule has 0 aromatic heterocycles. The predicted molar refractivity (Wildman–Crippen MR) is 75.1 cm³/mol. The molecule has 4 N–H and O–H groups in total. The van der Waals surface area contributed by atoms with Gasteiger partial charge in [0.15, 0.2) is 5.84 Å². The number of oxime groups is 1. The van der Waals surface area contributed by atoms with Crippen LogP contribution in [0.5, 0.6) is 0 Å². The summed E-state index contributed by atoms with van der Waals surface area (Å²) in [5, 5.41) is 15.4. The van der Waals surface area contributed by atoms with E-state index >= 15 is 0 Å². The molecule has 1 aromatic rings. The molecular formula is C15H21N3O. The fourth-order valence-corrected chi connectivity index (χ4v) is 3.01. The molecule has 3 rings (SSSR count). The number of rotatable bonds is 6. The van der Waals surface area contributed by atoms with Crippen LogP contribution in [-0.4, -0.2) is 17.6 Å². The Bertz CT molecular complexity index is 490. The van der Waals surface area contributed by atoms with Gasteiger partial charge in [-0.1, -0.05) is 29.4 Å². The average molecular weight is 259 g/mol. The van der Waals surface area contributed by atoms with Gasteiger partial charge in [0.05, 0.1) is 0 Å². The summed E-state index contributed by atoms with van der Waals surface area (Å²) in [6.45, 7) is 1.88. The zero-order valence-corrected chi connectivity index (χ0v) is 11.1. The van der Waals surface area contributed by atoms with Crippen molar-refractivity contribution in [1.29, 1.82) is 0 Å². The van der Waals surface area contributed by atoms with E-state index < -0.39 is 0 Å². The number of nitrogens with one attached hydrogen (secondary N) is 1. The van der Waals surface area contributed by atoms with Gasteiger partial charge in [-0.05, 0) is 42.6 Å². The number of hydrogen-bond donors (Lipinski definition) is 3. The Morgan fingerprint density at radius 2 is 2.11 bits per heavy atom. The Balaban J connectivity index is 1.60. The van der Waals surface area contributed by atoms with Gasteiger partial charge in [-0.25, -0.2) is 0 Å². The first-order chi connectivity index (χ1) is 9.25. The quantitative estimate of drug-likeness (QED) is 0.317. The maximum atomic E-state index is 8.80. The number of nitrogens with two attached hydrogens (primary N) is 1. The Kier molecular flexibility index (Phi) is 3.19. The molecular weight excluding hydrogens is 238 g/mol. The van der Waals surface area contributed by atoms with Crippen molar-refractivity contribution >= 4 is 5.84 Å². The van der Waals surface area contributed by atoms with Crippen LogP contribution in [0.25, 0.3) is 0 Å². The summed E-state index contributed by atoms with van der Waals surface area (Å²) in [6.07, 6.45) is 5.60. The van der Waals surface area contributed by atoms with Crippen molar-refractivity contribution in [2.24, 2.45) is 22.2 Å². The minimum Gasteiger partial charge on any atom is -0.409 e. The molecule has 4 heteroatoms. The molecule has 0 bridgehead atoms. The summed E-state index contributed by atoms with van der Waals surface area (Å²) in [7, 11) is 0. The second-order valence-electron chi connectivity index (χ2n) is 5.88. The van der Waals surface area contributed by atoms with E-state index in [0.29, 0.717) is 5.41 Å². The summed E-state index contributed by atoms with van der Waals surface area (Å²) in [5.74, 6) is 1.15. The molecule has 2 fully saturated rings. The van der Waals surface area contributed by atoms with E-state index in [9.17, 15) is 0 Å². The van der Waals surface area contributed by atoms with Gasteiger partial charge >= 0.3 is 0 Å². The topological polar surface area (TPSA) is 70.6 Å². The maximum absolute atomic E-state index is 8.80. The largest absolute Gasteiger partial charge is 0.409 e. The van der Waals surface area contributed by atoms with Gasteiger partial charge in [0.25, 0.3) is 0 Å². The van der Waals surface area contributed by atoms with Gasteiger partial charge in [-0.15, -0.1) is 0 Å². The Morgan fingerprint density at radius 1 is 1.37 bits per heavy atom. The van der Waals surface area contributed by atoms with Crippen LogP contribution >= 0.6 is 0 Å². The molecule has 19 heavy (non-hydrogen) atoms. The molecule has 102 valence electrons. The van der Waals surface area contributed by atoms with Gasteiger partial charge in [-0.2, -0.15) is 0 Å². The molecule has 0 radical (unpaired) electrons. The van der Waals surface area contributed by atoms with E-state index in [-0.39, 0.29) is 5.84 Å². The lowest BCUT2D eigenvalue weighted by atomic mass is 10.0. The van der Waals surface area contributed by atoms with Crippen LogP contribution in [-0.2, 0) is 6.54 Å². The fourth-order valence-electron chi connectivity index (χ4n) is 3.01. The van der Waals surface area contributed by atoms with Gasteiger partial charge in [0.1, 0.15) is 0 Å². The number of hydrogen-bond acceptors (Lipinski definition) is 3. The van der Waals surface area contributed by atoms with Crippen molar-refractivity contribution in [2.75, 3.05) is 6.54 Å².